The molecular weight excluding hydrogens is 298 g/mol. The smallest absolute Gasteiger partial charge is 0.0701 e. The van der Waals surface area contributed by atoms with Gasteiger partial charge in [0.15, 0.2) is 0 Å². The number of thiophene rings is 1. The summed E-state index contributed by atoms with van der Waals surface area (Å²) in [5.41, 5.74) is 0. The van der Waals surface area contributed by atoms with E-state index in [1.165, 1.54) is 15.1 Å². The SMILES string of the molecule is CNC(Cc1ccc(Br)s1)C1CCOCC1C. The topological polar surface area (TPSA) is 21.3 Å². The highest BCUT2D eigenvalue weighted by Crippen LogP contribution is 2.29. The molecule has 0 spiro atoms. The first-order valence-electron chi connectivity index (χ1n) is 6.20. The van der Waals surface area contributed by atoms with Gasteiger partial charge in [0.25, 0.3) is 0 Å². The lowest BCUT2D eigenvalue weighted by atomic mass is 9.82. The van der Waals surface area contributed by atoms with E-state index in [0.29, 0.717) is 12.0 Å². The molecule has 0 saturated carbocycles. The minimum absolute atomic E-state index is 0.569. The predicted octanol–water partition coefficient (Wildman–Crippen LogP) is 3.31. The van der Waals surface area contributed by atoms with Gasteiger partial charge in [0.05, 0.1) is 3.79 Å². The Labute approximate surface area is 116 Å². The van der Waals surface area contributed by atoms with Crippen molar-refractivity contribution >= 4 is 27.3 Å². The fourth-order valence-electron chi connectivity index (χ4n) is 2.64. The molecule has 1 aromatic rings. The van der Waals surface area contributed by atoms with Crippen LogP contribution < -0.4 is 5.32 Å². The number of ether oxygens (including phenoxy) is 1. The first-order chi connectivity index (χ1) is 8.20. The van der Waals surface area contributed by atoms with Crippen LogP contribution in [0.3, 0.4) is 0 Å². The molecule has 1 aliphatic heterocycles. The molecule has 2 heterocycles. The summed E-state index contributed by atoms with van der Waals surface area (Å²) in [5.74, 6) is 1.39. The Kier molecular flexibility index (Phi) is 5.03. The van der Waals surface area contributed by atoms with Gasteiger partial charge in [0, 0.05) is 24.1 Å². The maximum Gasteiger partial charge on any atom is 0.0701 e. The quantitative estimate of drug-likeness (QED) is 0.919. The number of hydrogen-bond donors (Lipinski definition) is 1. The Morgan fingerprint density at radius 1 is 1.59 bits per heavy atom. The maximum atomic E-state index is 5.53. The van der Waals surface area contributed by atoms with E-state index >= 15 is 0 Å². The lowest BCUT2D eigenvalue weighted by Gasteiger charge is -2.35. The van der Waals surface area contributed by atoms with Crippen molar-refractivity contribution in [1.29, 1.82) is 0 Å². The van der Waals surface area contributed by atoms with Gasteiger partial charge in [-0.25, -0.2) is 0 Å². The number of likely N-dealkylation sites (N-methyl/N-ethyl adjacent to an activating group) is 1. The average molecular weight is 318 g/mol. The number of halogens is 1. The molecular formula is C13H20BrNOS. The van der Waals surface area contributed by atoms with E-state index in [0.717, 1.165) is 25.6 Å². The van der Waals surface area contributed by atoms with Crippen molar-refractivity contribution in [2.45, 2.75) is 25.8 Å². The molecule has 0 amide bonds. The van der Waals surface area contributed by atoms with Crippen LogP contribution in [0, 0.1) is 11.8 Å². The molecule has 0 bridgehead atoms. The largest absolute Gasteiger partial charge is 0.381 e. The lowest BCUT2D eigenvalue weighted by molar-refractivity contribution is 0.0120. The highest BCUT2D eigenvalue weighted by Gasteiger charge is 2.29. The summed E-state index contributed by atoms with van der Waals surface area (Å²) in [6, 6.07) is 4.93. The van der Waals surface area contributed by atoms with E-state index < -0.39 is 0 Å². The van der Waals surface area contributed by atoms with E-state index in [1.807, 2.05) is 11.3 Å². The molecule has 1 aliphatic rings. The van der Waals surface area contributed by atoms with Crippen LogP contribution in [0.1, 0.15) is 18.2 Å². The highest BCUT2D eigenvalue weighted by atomic mass is 79.9. The fourth-order valence-corrected chi connectivity index (χ4v) is 4.18. The Hall–Kier alpha value is 0.1000. The third-order valence-corrected chi connectivity index (χ3v) is 5.29. The summed E-state index contributed by atoms with van der Waals surface area (Å²) in [7, 11) is 2.08. The molecule has 1 saturated heterocycles. The van der Waals surface area contributed by atoms with Crippen LogP contribution in [0.15, 0.2) is 15.9 Å². The van der Waals surface area contributed by atoms with Gasteiger partial charge < -0.3 is 10.1 Å². The summed E-state index contributed by atoms with van der Waals surface area (Å²) in [4.78, 5) is 1.45. The standard InChI is InChI=1S/C13H20BrNOS/c1-9-8-16-6-5-11(9)12(15-2)7-10-3-4-13(14)17-10/h3-4,9,11-12,15H,5-8H2,1-2H3. The first kappa shape index (κ1) is 13.5. The van der Waals surface area contributed by atoms with Crippen LogP contribution in [0.2, 0.25) is 0 Å². The van der Waals surface area contributed by atoms with Crippen molar-refractivity contribution in [2.75, 3.05) is 20.3 Å². The average Bonchev–Trinajstić information content (AvgIpc) is 2.73. The summed E-state index contributed by atoms with van der Waals surface area (Å²) in [6.07, 6.45) is 2.31. The van der Waals surface area contributed by atoms with Crippen LogP contribution >= 0.6 is 27.3 Å². The van der Waals surface area contributed by atoms with Gasteiger partial charge in [-0.2, -0.15) is 0 Å². The van der Waals surface area contributed by atoms with E-state index in [-0.39, 0.29) is 0 Å². The van der Waals surface area contributed by atoms with Crippen LogP contribution in [0.25, 0.3) is 0 Å². The van der Waals surface area contributed by atoms with Gasteiger partial charge in [-0.05, 0) is 59.8 Å². The lowest BCUT2D eigenvalue weighted by Crippen LogP contribution is -2.42. The molecule has 96 valence electrons. The van der Waals surface area contributed by atoms with Crippen molar-refractivity contribution in [3.63, 3.8) is 0 Å². The van der Waals surface area contributed by atoms with Crippen molar-refractivity contribution in [1.82, 2.24) is 5.32 Å². The minimum Gasteiger partial charge on any atom is -0.381 e. The predicted molar refractivity (Wildman–Crippen MR) is 76.7 cm³/mol. The highest BCUT2D eigenvalue weighted by molar-refractivity contribution is 9.11. The minimum atomic E-state index is 0.569. The van der Waals surface area contributed by atoms with Gasteiger partial charge in [-0.1, -0.05) is 6.92 Å². The molecule has 1 N–H and O–H groups in total. The van der Waals surface area contributed by atoms with Gasteiger partial charge in [0.1, 0.15) is 0 Å². The van der Waals surface area contributed by atoms with Crippen LogP contribution in [-0.4, -0.2) is 26.3 Å². The molecule has 2 rings (SSSR count). The second-order valence-corrected chi connectivity index (χ2v) is 7.36. The fraction of sp³-hybridized carbons (Fsp3) is 0.692. The first-order valence-corrected chi connectivity index (χ1v) is 7.81. The molecule has 3 atom stereocenters. The molecule has 2 nitrogen and oxygen atoms in total. The van der Waals surface area contributed by atoms with Crippen molar-refractivity contribution in [3.05, 3.63) is 20.8 Å². The van der Waals surface area contributed by atoms with Crippen LogP contribution in [-0.2, 0) is 11.2 Å². The molecule has 17 heavy (non-hydrogen) atoms. The van der Waals surface area contributed by atoms with E-state index in [2.05, 4.69) is 47.4 Å². The van der Waals surface area contributed by atoms with Gasteiger partial charge in [0.2, 0.25) is 0 Å². The third-order valence-electron chi connectivity index (χ3n) is 3.64. The molecule has 1 fully saturated rings. The monoisotopic (exact) mass is 317 g/mol. The summed E-state index contributed by atoms with van der Waals surface area (Å²) in [5, 5.41) is 3.50. The Morgan fingerprint density at radius 3 is 3.00 bits per heavy atom. The molecule has 1 aromatic heterocycles. The summed E-state index contributed by atoms with van der Waals surface area (Å²) in [6.45, 7) is 4.14. The Morgan fingerprint density at radius 2 is 2.41 bits per heavy atom. The second-order valence-electron chi connectivity index (χ2n) is 4.81. The van der Waals surface area contributed by atoms with Crippen LogP contribution in [0.4, 0.5) is 0 Å². The normalized spacial score (nSPS) is 27.0. The molecule has 3 unspecified atom stereocenters. The van der Waals surface area contributed by atoms with E-state index in [4.69, 9.17) is 4.74 Å². The number of nitrogens with one attached hydrogen (secondary N) is 1. The second kappa shape index (κ2) is 6.32. The van der Waals surface area contributed by atoms with Gasteiger partial charge in [-0.15, -0.1) is 11.3 Å². The van der Waals surface area contributed by atoms with Crippen LogP contribution in [0.5, 0.6) is 0 Å². The Bertz CT molecular complexity index is 355. The van der Waals surface area contributed by atoms with E-state index in [1.54, 1.807) is 0 Å². The van der Waals surface area contributed by atoms with E-state index in [9.17, 15) is 0 Å². The molecule has 0 aromatic carbocycles. The van der Waals surface area contributed by atoms with Crippen molar-refractivity contribution in [3.8, 4) is 0 Å². The van der Waals surface area contributed by atoms with Gasteiger partial charge in [-0.3, -0.25) is 0 Å². The molecule has 4 heteroatoms. The maximum absolute atomic E-state index is 5.53. The van der Waals surface area contributed by atoms with Crippen molar-refractivity contribution in [2.24, 2.45) is 11.8 Å². The summed E-state index contributed by atoms with van der Waals surface area (Å²) < 4.78 is 6.75. The molecule has 0 radical (unpaired) electrons. The number of hydrogen-bond acceptors (Lipinski definition) is 3. The molecule has 0 aliphatic carbocycles. The number of rotatable bonds is 4. The van der Waals surface area contributed by atoms with Crippen molar-refractivity contribution < 1.29 is 4.74 Å². The zero-order chi connectivity index (χ0) is 12.3. The van der Waals surface area contributed by atoms with Gasteiger partial charge >= 0.3 is 0 Å². The third kappa shape index (κ3) is 3.53. The Balaban J connectivity index is 2.00. The zero-order valence-electron chi connectivity index (χ0n) is 10.4. The zero-order valence-corrected chi connectivity index (χ0v) is 12.8. The summed E-state index contributed by atoms with van der Waals surface area (Å²) >= 11 is 5.37.